The summed E-state index contributed by atoms with van der Waals surface area (Å²) >= 11 is 5.63. The number of methoxy groups -OCH3 is 1. The Labute approximate surface area is 147 Å². The number of aromatic nitrogens is 3. The molecule has 0 saturated carbocycles. The predicted octanol–water partition coefficient (Wildman–Crippen LogP) is 1.11. The number of hydrogen-bond acceptors (Lipinski definition) is 4. The first-order valence-corrected chi connectivity index (χ1v) is 8.87. The van der Waals surface area contributed by atoms with Crippen LogP contribution in [0.15, 0.2) is 24.3 Å². The molecule has 6 nitrogen and oxygen atoms in total. The number of aliphatic hydroxyl groups is 1. The molecule has 0 aliphatic carbocycles. The lowest BCUT2D eigenvalue weighted by molar-refractivity contribution is -0.929. The molecule has 0 atom stereocenters. The van der Waals surface area contributed by atoms with Crippen molar-refractivity contribution in [2.45, 2.75) is 39.1 Å². The summed E-state index contributed by atoms with van der Waals surface area (Å²) < 4.78 is 9.96. The fraction of sp³-hybridized carbons (Fsp3) is 0.529. The number of nitrogens with zero attached hydrogens (tertiary/aromatic N) is 3. The van der Waals surface area contributed by atoms with Crippen LogP contribution < -0.4 is 9.64 Å². The lowest BCUT2D eigenvalue weighted by Crippen LogP contribution is -3.12. The molecule has 0 radical (unpaired) electrons. The molecule has 2 heterocycles. The first kappa shape index (κ1) is 17.1. The molecule has 2 aromatic rings. The molecule has 130 valence electrons. The van der Waals surface area contributed by atoms with Gasteiger partial charge in [0.1, 0.15) is 5.75 Å². The van der Waals surface area contributed by atoms with Crippen molar-refractivity contribution in [2.75, 3.05) is 20.2 Å². The highest BCUT2D eigenvalue weighted by Crippen LogP contribution is 2.21. The summed E-state index contributed by atoms with van der Waals surface area (Å²) in [7, 11) is 1.66. The maximum Gasteiger partial charge on any atom is 0.203 e. The average Bonchev–Trinajstić information content (AvgIpc) is 2.93. The molecule has 1 aromatic heterocycles. The van der Waals surface area contributed by atoms with Gasteiger partial charge in [0.05, 0.1) is 26.3 Å². The molecule has 1 aromatic carbocycles. The van der Waals surface area contributed by atoms with Crippen LogP contribution in [-0.4, -0.2) is 45.8 Å². The molecular weight excluding hydrogens is 324 g/mol. The number of hydrogen-bond donors (Lipinski definition) is 2. The van der Waals surface area contributed by atoms with E-state index in [1.165, 1.54) is 4.90 Å². The first-order valence-electron chi connectivity index (χ1n) is 8.46. The zero-order valence-electron chi connectivity index (χ0n) is 14.2. The molecule has 7 heteroatoms. The van der Waals surface area contributed by atoms with E-state index in [2.05, 4.69) is 11.5 Å². The summed E-state index contributed by atoms with van der Waals surface area (Å²) in [4.78, 5) is 1.42. The van der Waals surface area contributed by atoms with E-state index in [0.717, 1.165) is 61.1 Å². The van der Waals surface area contributed by atoms with Crippen molar-refractivity contribution in [3.63, 3.8) is 0 Å². The van der Waals surface area contributed by atoms with Crippen LogP contribution >= 0.6 is 12.2 Å². The van der Waals surface area contributed by atoms with E-state index in [1.807, 2.05) is 28.9 Å². The number of nitrogens with one attached hydrogen (secondary N) is 1. The van der Waals surface area contributed by atoms with Crippen molar-refractivity contribution in [1.82, 2.24) is 14.3 Å². The molecule has 0 spiro atoms. The molecule has 1 fully saturated rings. The van der Waals surface area contributed by atoms with Crippen LogP contribution in [0.5, 0.6) is 5.75 Å². The second-order valence-corrected chi connectivity index (χ2v) is 6.58. The summed E-state index contributed by atoms with van der Waals surface area (Å²) in [6.45, 7) is 5.54. The van der Waals surface area contributed by atoms with Crippen LogP contribution in [0.4, 0.5) is 0 Å². The zero-order valence-corrected chi connectivity index (χ0v) is 15.1. The molecule has 24 heavy (non-hydrogen) atoms. The number of benzene rings is 1. The van der Waals surface area contributed by atoms with Gasteiger partial charge in [-0.3, -0.25) is 0 Å². The predicted molar refractivity (Wildman–Crippen MR) is 94.7 cm³/mol. The Hall–Kier alpha value is -1.70. The number of ether oxygens (including phenoxy) is 1. The Morgan fingerprint density at radius 2 is 1.96 bits per heavy atom. The van der Waals surface area contributed by atoms with Crippen molar-refractivity contribution in [3.05, 3.63) is 29.0 Å². The zero-order chi connectivity index (χ0) is 17.1. The van der Waals surface area contributed by atoms with Crippen molar-refractivity contribution in [3.8, 4) is 17.1 Å². The van der Waals surface area contributed by atoms with Crippen LogP contribution in [0.3, 0.4) is 0 Å². The highest BCUT2D eigenvalue weighted by Gasteiger charge is 2.22. The van der Waals surface area contributed by atoms with Crippen molar-refractivity contribution >= 4 is 12.2 Å². The Kier molecular flexibility index (Phi) is 5.33. The minimum atomic E-state index is -0.148. The van der Waals surface area contributed by atoms with Crippen LogP contribution in [0, 0.1) is 4.77 Å². The number of rotatable bonds is 5. The number of likely N-dealkylation sites (tertiary alicyclic amines) is 1. The van der Waals surface area contributed by atoms with Crippen LogP contribution in [0.2, 0.25) is 0 Å². The molecule has 1 aliphatic heterocycles. The second kappa shape index (κ2) is 7.46. The summed E-state index contributed by atoms with van der Waals surface area (Å²) in [6, 6.07) is 7.90. The normalized spacial score (nSPS) is 21.0. The fourth-order valence-electron chi connectivity index (χ4n) is 3.16. The van der Waals surface area contributed by atoms with Gasteiger partial charge in [-0.15, -0.1) is 5.10 Å². The third kappa shape index (κ3) is 3.53. The highest BCUT2D eigenvalue weighted by atomic mass is 32.1. The van der Waals surface area contributed by atoms with E-state index in [4.69, 9.17) is 22.1 Å². The minimum absolute atomic E-state index is 0.148. The van der Waals surface area contributed by atoms with E-state index < -0.39 is 0 Å². The minimum Gasteiger partial charge on any atom is -0.497 e. The Bertz CT molecular complexity index is 730. The van der Waals surface area contributed by atoms with Crippen molar-refractivity contribution in [1.29, 1.82) is 0 Å². The molecule has 0 unspecified atom stereocenters. The molecule has 2 N–H and O–H groups in total. The van der Waals surface area contributed by atoms with Gasteiger partial charge in [-0.25, -0.2) is 0 Å². The van der Waals surface area contributed by atoms with Crippen LogP contribution in [-0.2, 0) is 13.2 Å². The van der Waals surface area contributed by atoms with Crippen molar-refractivity contribution < 1.29 is 14.7 Å². The first-order chi connectivity index (χ1) is 11.6. The topological polar surface area (TPSA) is 56.7 Å². The van der Waals surface area contributed by atoms with Crippen LogP contribution in [0.1, 0.15) is 19.8 Å². The van der Waals surface area contributed by atoms with Gasteiger partial charge in [0.25, 0.3) is 0 Å². The summed E-state index contributed by atoms with van der Waals surface area (Å²) in [5.74, 6) is 1.72. The quantitative estimate of drug-likeness (QED) is 0.794. The molecule has 3 rings (SSSR count). The van der Waals surface area contributed by atoms with Crippen molar-refractivity contribution in [2.24, 2.45) is 0 Å². The monoisotopic (exact) mass is 349 g/mol. The molecular formula is C17H25N4O2S+. The van der Waals surface area contributed by atoms with Gasteiger partial charge in [0.15, 0.2) is 12.5 Å². The van der Waals surface area contributed by atoms with Gasteiger partial charge >= 0.3 is 0 Å². The summed E-state index contributed by atoms with van der Waals surface area (Å²) in [6.07, 6.45) is 1.55. The largest absolute Gasteiger partial charge is 0.497 e. The van der Waals surface area contributed by atoms with Gasteiger partial charge in [0, 0.05) is 24.9 Å². The average molecular weight is 349 g/mol. The smallest absolute Gasteiger partial charge is 0.203 e. The van der Waals surface area contributed by atoms with E-state index in [1.54, 1.807) is 7.11 Å². The maximum absolute atomic E-state index is 9.65. The summed E-state index contributed by atoms with van der Waals surface area (Å²) in [5.41, 5.74) is 1.03. The third-order valence-electron chi connectivity index (χ3n) is 4.62. The van der Waals surface area contributed by atoms with E-state index >= 15 is 0 Å². The molecule has 0 amide bonds. The maximum atomic E-state index is 9.65. The standard InChI is InChI=1S/C17H24N4O2S/c1-3-20-16(13-4-6-15(23-2)7-5-13)18-21(17(20)24)12-19-10-8-14(22)9-11-19/h4-7,14,22H,3,8-12H2,1-2H3/p+1. The van der Waals surface area contributed by atoms with Gasteiger partial charge in [-0.1, -0.05) is 0 Å². The fourth-order valence-corrected chi connectivity index (χ4v) is 3.48. The third-order valence-corrected chi connectivity index (χ3v) is 5.05. The van der Waals surface area contributed by atoms with Gasteiger partial charge < -0.3 is 19.3 Å². The molecule has 0 bridgehead atoms. The Morgan fingerprint density at radius 3 is 2.54 bits per heavy atom. The van der Waals surface area contributed by atoms with E-state index in [0.29, 0.717) is 0 Å². The van der Waals surface area contributed by atoms with E-state index in [9.17, 15) is 5.11 Å². The lowest BCUT2D eigenvalue weighted by Gasteiger charge is -2.26. The van der Waals surface area contributed by atoms with Gasteiger partial charge in [-0.05, 0) is 43.4 Å². The number of quaternary nitrogens is 1. The highest BCUT2D eigenvalue weighted by molar-refractivity contribution is 7.71. The summed E-state index contributed by atoms with van der Waals surface area (Å²) in [5, 5.41) is 14.4. The number of aliphatic hydroxyl groups excluding tert-OH is 1. The second-order valence-electron chi connectivity index (χ2n) is 6.22. The Balaban J connectivity index is 1.86. The van der Waals surface area contributed by atoms with Gasteiger partial charge in [0.2, 0.25) is 4.77 Å². The molecule has 1 aliphatic rings. The van der Waals surface area contributed by atoms with Crippen LogP contribution in [0.25, 0.3) is 11.4 Å². The van der Waals surface area contributed by atoms with Gasteiger partial charge in [-0.2, -0.15) is 4.68 Å². The Morgan fingerprint density at radius 1 is 1.29 bits per heavy atom. The number of piperidine rings is 1. The SMILES string of the molecule is CCn1c(-c2ccc(OC)cc2)nn(C[NH+]2CCC(O)CC2)c1=S. The van der Waals surface area contributed by atoms with E-state index in [-0.39, 0.29) is 6.10 Å². The lowest BCUT2D eigenvalue weighted by atomic mass is 10.1. The molecule has 1 saturated heterocycles.